The molecule has 0 bridgehead atoms. The van der Waals surface area contributed by atoms with Crippen LogP contribution in [0.25, 0.3) is 0 Å². The van der Waals surface area contributed by atoms with Crippen LogP contribution in [0.3, 0.4) is 0 Å². The van der Waals surface area contributed by atoms with E-state index in [1.54, 1.807) is 31.4 Å². The molecule has 0 saturated carbocycles. The first-order valence-corrected chi connectivity index (χ1v) is 8.35. The highest BCUT2D eigenvalue weighted by Gasteiger charge is 2.34. The molecule has 1 fully saturated rings. The fourth-order valence-corrected chi connectivity index (χ4v) is 2.94. The van der Waals surface area contributed by atoms with Crippen molar-refractivity contribution in [2.75, 3.05) is 24.3 Å². The topological polar surface area (TPSA) is 70.7 Å². The van der Waals surface area contributed by atoms with Crippen LogP contribution in [0.1, 0.15) is 12.8 Å². The zero-order chi connectivity index (χ0) is 18.5. The number of nitrogens with one attached hydrogen (secondary N) is 2. The van der Waals surface area contributed by atoms with Gasteiger partial charge in [-0.15, -0.1) is 0 Å². The molecule has 3 rings (SSSR count). The minimum Gasteiger partial charge on any atom is -0.497 e. The fourth-order valence-electron chi connectivity index (χ4n) is 2.94. The van der Waals surface area contributed by atoms with Crippen molar-refractivity contribution in [3.8, 4) is 5.75 Å². The van der Waals surface area contributed by atoms with E-state index in [0.29, 0.717) is 30.1 Å². The van der Waals surface area contributed by atoms with E-state index in [2.05, 4.69) is 10.6 Å². The Balaban J connectivity index is 1.65. The second-order valence-electron chi connectivity index (χ2n) is 6.01. The number of ether oxygens (including phenoxy) is 1. The van der Waals surface area contributed by atoms with Crippen LogP contribution in [-0.2, 0) is 4.79 Å². The Morgan fingerprint density at radius 1 is 1.12 bits per heavy atom. The van der Waals surface area contributed by atoms with Gasteiger partial charge < -0.3 is 20.3 Å². The normalized spacial score (nSPS) is 16.2. The second kappa shape index (κ2) is 7.86. The molecule has 136 valence electrons. The van der Waals surface area contributed by atoms with Gasteiger partial charge in [-0.05, 0) is 49.2 Å². The van der Waals surface area contributed by atoms with Crippen molar-refractivity contribution in [1.82, 2.24) is 4.90 Å². The molecule has 0 radical (unpaired) electrons. The first-order valence-electron chi connectivity index (χ1n) is 8.35. The fraction of sp³-hybridized carbons (Fsp3) is 0.263. The molecule has 2 N–H and O–H groups in total. The van der Waals surface area contributed by atoms with E-state index in [4.69, 9.17) is 4.74 Å². The Kier molecular flexibility index (Phi) is 5.36. The van der Waals surface area contributed by atoms with E-state index in [9.17, 15) is 14.0 Å². The van der Waals surface area contributed by atoms with Crippen LogP contribution in [0.4, 0.5) is 20.6 Å². The van der Waals surface area contributed by atoms with Gasteiger partial charge >= 0.3 is 6.03 Å². The van der Waals surface area contributed by atoms with Gasteiger partial charge in [0, 0.05) is 24.0 Å². The SMILES string of the molecule is COc1cccc(NC(=O)N2CCCC2C(=O)Nc2ccc(F)cc2)c1. The van der Waals surface area contributed by atoms with Crippen LogP contribution < -0.4 is 15.4 Å². The number of methoxy groups -OCH3 is 1. The number of halogens is 1. The summed E-state index contributed by atoms with van der Waals surface area (Å²) in [4.78, 5) is 26.6. The zero-order valence-electron chi connectivity index (χ0n) is 14.4. The highest BCUT2D eigenvalue weighted by molar-refractivity contribution is 5.99. The quantitative estimate of drug-likeness (QED) is 0.880. The zero-order valence-corrected chi connectivity index (χ0v) is 14.4. The Morgan fingerprint density at radius 3 is 2.62 bits per heavy atom. The van der Waals surface area contributed by atoms with Gasteiger partial charge in [-0.2, -0.15) is 0 Å². The largest absolute Gasteiger partial charge is 0.497 e. The maximum atomic E-state index is 13.0. The summed E-state index contributed by atoms with van der Waals surface area (Å²) in [5.41, 5.74) is 1.09. The number of carbonyl (C=O) groups is 2. The lowest BCUT2D eigenvalue weighted by Crippen LogP contribution is -2.45. The average molecular weight is 357 g/mol. The minimum absolute atomic E-state index is 0.282. The summed E-state index contributed by atoms with van der Waals surface area (Å²) < 4.78 is 18.1. The summed E-state index contributed by atoms with van der Waals surface area (Å²) >= 11 is 0. The molecule has 7 heteroatoms. The van der Waals surface area contributed by atoms with E-state index in [-0.39, 0.29) is 17.8 Å². The number of carbonyl (C=O) groups excluding carboxylic acids is 2. The first-order chi connectivity index (χ1) is 12.6. The van der Waals surface area contributed by atoms with Crippen molar-refractivity contribution in [1.29, 1.82) is 0 Å². The molecule has 1 aliphatic rings. The average Bonchev–Trinajstić information content (AvgIpc) is 3.14. The van der Waals surface area contributed by atoms with Crippen molar-refractivity contribution in [2.45, 2.75) is 18.9 Å². The van der Waals surface area contributed by atoms with E-state index < -0.39 is 6.04 Å². The molecule has 0 aliphatic carbocycles. The van der Waals surface area contributed by atoms with Gasteiger partial charge in [-0.25, -0.2) is 9.18 Å². The lowest BCUT2D eigenvalue weighted by Gasteiger charge is -2.24. The Morgan fingerprint density at radius 2 is 1.88 bits per heavy atom. The summed E-state index contributed by atoms with van der Waals surface area (Å²) in [6.45, 7) is 0.497. The molecule has 1 saturated heterocycles. The number of hydrogen-bond donors (Lipinski definition) is 2. The lowest BCUT2D eigenvalue weighted by atomic mass is 10.2. The molecule has 1 atom stereocenters. The van der Waals surface area contributed by atoms with Gasteiger partial charge in [-0.1, -0.05) is 6.07 Å². The number of amides is 3. The number of likely N-dealkylation sites (tertiary alicyclic amines) is 1. The molecular weight excluding hydrogens is 337 g/mol. The molecule has 0 aromatic heterocycles. The van der Waals surface area contributed by atoms with Gasteiger partial charge in [0.1, 0.15) is 17.6 Å². The predicted octanol–water partition coefficient (Wildman–Crippen LogP) is 3.47. The Hall–Kier alpha value is -3.09. The molecule has 2 aromatic rings. The summed E-state index contributed by atoms with van der Waals surface area (Å²) in [6.07, 6.45) is 1.32. The molecule has 6 nitrogen and oxygen atoms in total. The highest BCUT2D eigenvalue weighted by Crippen LogP contribution is 2.22. The third kappa shape index (κ3) is 4.11. The molecule has 26 heavy (non-hydrogen) atoms. The van der Waals surface area contributed by atoms with Gasteiger partial charge in [0.05, 0.1) is 7.11 Å². The number of rotatable bonds is 4. The van der Waals surface area contributed by atoms with Crippen molar-refractivity contribution in [2.24, 2.45) is 0 Å². The number of hydrogen-bond acceptors (Lipinski definition) is 3. The molecule has 3 amide bonds. The molecule has 1 heterocycles. The summed E-state index contributed by atoms with van der Waals surface area (Å²) in [5, 5.41) is 5.52. The smallest absolute Gasteiger partial charge is 0.322 e. The van der Waals surface area contributed by atoms with E-state index in [1.807, 2.05) is 0 Å². The van der Waals surface area contributed by atoms with Crippen LogP contribution in [0.5, 0.6) is 5.75 Å². The third-order valence-electron chi connectivity index (χ3n) is 4.25. The van der Waals surface area contributed by atoms with E-state index in [0.717, 1.165) is 6.42 Å². The third-order valence-corrected chi connectivity index (χ3v) is 4.25. The number of benzene rings is 2. The molecule has 2 aromatic carbocycles. The summed E-state index contributed by atoms with van der Waals surface area (Å²) in [7, 11) is 1.55. The monoisotopic (exact) mass is 357 g/mol. The molecular formula is C19H20FN3O3. The second-order valence-corrected chi connectivity index (χ2v) is 6.01. The van der Waals surface area contributed by atoms with Crippen LogP contribution in [0.15, 0.2) is 48.5 Å². The van der Waals surface area contributed by atoms with Gasteiger partial charge in [0.2, 0.25) is 5.91 Å². The van der Waals surface area contributed by atoms with Crippen molar-refractivity contribution < 1.29 is 18.7 Å². The molecule has 0 spiro atoms. The number of urea groups is 1. The van der Waals surface area contributed by atoms with Crippen molar-refractivity contribution in [3.63, 3.8) is 0 Å². The standard InChI is InChI=1S/C19H20FN3O3/c1-26-16-5-2-4-15(12-16)22-19(25)23-11-3-6-17(23)18(24)21-14-9-7-13(20)8-10-14/h2,4-5,7-10,12,17H,3,6,11H2,1H3,(H,21,24)(H,22,25). The lowest BCUT2D eigenvalue weighted by molar-refractivity contribution is -0.119. The first kappa shape index (κ1) is 17.7. The summed E-state index contributed by atoms with van der Waals surface area (Å²) in [5.74, 6) is -0.0205. The van der Waals surface area contributed by atoms with Crippen LogP contribution >= 0.6 is 0 Å². The molecule has 1 aliphatic heterocycles. The Labute approximate surface area is 150 Å². The Bertz CT molecular complexity index is 795. The van der Waals surface area contributed by atoms with Crippen molar-refractivity contribution in [3.05, 3.63) is 54.3 Å². The van der Waals surface area contributed by atoms with Crippen molar-refractivity contribution >= 4 is 23.3 Å². The van der Waals surface area contributed by atoms with E-state index in [1.165, 1.54) is 29.2 Å². The highest BCUT2D eigenvalue weighted by atomic mass is 19.1. The van der Waals surface area contributed by atoms with Crippen LogP contribution in [0, 0.1) is 5.82 Å². The van der Waals surface area contributed by atoms with Gasteiger partial charge in [-0.3, -0.25) is 4.79 Å². The van der Waals surface area contributed by atoms with Gasteiger partial charge in [0.15, 0.2) is 0 Å². The predicted molar refractivity (Wildman–Crippen MR) is 96.8 cm³/mol. The van der Waals surface area contributed by atoms with E-state index >= 15 is 0 Å². The number of nitrogens with zero attached hydrogens (tertiary/aromatic N) is 1. The van der Waals surface area contributed by atoms with Crippen LogP contribution in [-0.4, -0.2) is 36.5 Å². The molecule has 1 unspecified atom stereocenters. The number of anilines is 2. The van der Waals surface area contributed by atoms with Crippen LogP contribution in [0.2, 0.25) is 0 Å². The maximum Gasteiger partial charge on any atom is 0.322 e. The maximum absolute atomic E-state index is 13.0. The summed E-state index contributed by atoms with van der Waals surface area (Å²) in [6, 6.07) is 11.6. The minimum atomic E-state index is -0.564. The van der Waals surface area contributed by atoms with Gasteiger partial charge in [0.25, 0.3) is 0 Å².